The van der Waals surface area contributed by atoms with Crippen molar-refractivity contribution in [2.45, 2.75) is 20.8 Å². The molecule has 0 saturated heterocycles. The van der Waals surface area contributed by atoms with Gasteiger partial charge in [0.05, 0.1) is 12.2 Å². The molecule has 0 aromatic heterocycles. The zero-order chi connectivity index (χ0) is 14.7. The molecule has 0 N–H and O–H groups in total. The van der Waals surface area contributed by atoms with Crippen molar-refractivity contribution in [2.24, 2.45) is 0 Å². The normalized spacial score (nSPS) is 10.4. The lowest BCUT2D eigenvalue weighted by molar-refractivity contribution is 0.103. The van der Waals surface area contributed by atoms with E-state index in [1.54, 1.807) is 0 Å². The first-order chi connectivity index (χ1) is 9.52. The van der Waals surface area contributed by atoms with E-state index in [0.717, 1.165) is 10.0 Å². The second-order valence-corrected chi connectivity index (χ2v) is 5.62. The number of hydrogen-bond acceptors (Lipinski definition) is 2. The third-order valence-electron chi connectivity index (χ3n) is 3.26. The van der Waals surface area contributed by atoms with Crippen molar-refractivity contribution in [1.82, 2.24) is 0 Å². The smallest absolute Gasteiger partial charge is 0.196 e. The van der Waals surface area contributed by atoms with Crippen molar-refractivity contribution in [3.05, 3.63) is 63.1 Å². The number of ether oxygens (including phenoxy) is 1. The van der Waals surface area contributed by atoms with Crippen LogP contribution in [0.15, 0.2) is 40.9 Å². The van der Waals surface area contributed by atoms with Gasteiger partial charge in [-0.1, -0.05) is 28.1 Å². The summed E-state index contributed by atoms with van der Waals surface area (Å²) < 4.78 is 6.42. The summed E-state index contributed by atoms with van der Waals surface area (Å²) in [6.07, 6.45) is 0. The fourth-order valence-corrected chi connectivity index (χ4v) is 2.36. The van der Waals surface area contributed by atoms with Crippen molar-refractivity contribution >= 4 is 21.7 Å². The number of rotatable bonds is 4. The highest BCUT2D eigenvalue weighted by Crippen LogP contribution is 2.26. The van der Waals surface area contributed by atoms with E-state index in [0.29, 0.717) is 23.5 Å². The monoisotopic (exact) mass is 332 g/mol. The third-order valence-corrected chi connectivity index (χ3v) is 3.75. The topological polar surface area (TPSA) is 26.3 Å². The maximum absolute atomic E-state index is 12.7. The van der Waals surface area contributed by atoms with E-state index < -0.39 is 0 Å². The Morgan fingerprint density at radius 2 is 1.85 bits per heavy atom. The largest absolute Gasteiger partial charge is 0.493 e. The molecule has 2 aromatic carbocycles. The van der Waals surface area contributed by atoms with Crippen LogP contribution in [0, 0.1) is 13.8 Å². The van der Waals surface area contributed by atoms with Crippen molar-refractivity contribution in [3.8, 4) is 5.75 Å². The quantitative estimate of drug-likeness (QED) is 0.759. The second kappa shape index (κ2) is 6.23. The Morgan fingerprint density at radius 1 is 1.10 bits per heavy atom. The van der Waals surface area contributed by atoms with Crippen LogP contribution >= 0.6 is 15.9 Å². The summed E-state index contributed by atoms with van der Waals surface area (Å²) in [7, 11) is 0. The predicted octanol–water partition coefficient (Wildman–Crippen LogP) is 4.70. The molecular weight excluding hydrogens is 316 g/mol. The van der Waals surface area contributed by atoms with E-state index in [2.05, 4.69) is 15.9 Å². The first-order valence-corrected chi connectivity index (χ1v) is 7.36. The molecule has 0 fully saturated rings. The van der Waals surface area contributed by atoms with Crippen LogP contribution in [0.4, 0.5) is 0 Å². The molecule has 3 heteroatoms. The summed E-state index contributed by atoms with van der Waals surface area (Å²) in [5.74, 6) is 0.608. The number of carbonyl (C=O) groups excluding carboxylic acids is 1. The maximum atomic E-state index is 12.7. The maximum Gasteiger partial charge on any atom is 0.196 e. The van der Waals surface area contributed by atoms with Gasteiger partial charge in [-0.25, -0.2) is 0 Å². The first kappa shape index (κ1) is 14.8. The molecule has 104 valence electrons. The minimum atomic E-state index is -0.0159. The van der Waals surface area contributed by atoms with E-state index in [-0.39, 0.29) is 5.78 Å². The van der Waals surface area contributed by atoms with Crippen molar-refractivity contribution in [2.75, 3.05) is 6.61 Å². The van der Waals surface area contributed by atoms with Gasteiger partial charge in [0.2, 0.25) is 0 Å². The number of halogens is 1. The standard InChI is InChI=1S/C17H17BrO2/c1-4-20-16-8-7-14(18)10-15(16)17(19)13-6-5-11(2)12(3)9-13/h5-10H,4H2,1-3H3. The summed E-state index contributed by atoms with van der Waals surface area (Å²) in [6.45, 7) is 6.49. The Labute approximate surface area is 127 Å². The van der Waals surface area contributed by atoms with Crippen LogP contribution in [0.5, 0.6) is 5.75 Å². The summed E-state index contributed by atoms with van der Waals surface area (Å²) >= 11 is 3.41. The lowest BCUT2D eigenvalue weighted by Gasteiger charge is -2.11. The van der Waals surface area contributed by atoms with Gasteiger partial charge in [0.1, 0.15) is 5.75 Å². The number of ketones is 1. The summed E-state index contributed by atoms with van der Waals surface area (Å²) in [6, 6.07) is 11.3. The van der Waals surface area contributed by atoms with Gasteiger partial charge in [0, 0.05) is 10.0 Å². The van der Waals surface area contributed by atoms with Crippen LogP contribution in [0.2, 0.25) is 0 Å². The van der Waals surface area contributed by atoms with E-state index in [4.69, 9.17) is 4.74 Å². The minimum Gasteiger partial charge on any atom is -0.493 e. The molecule has 0 bridgehead atoms. The molecule has 0 atom stereocenters. The molecule has 0 aliphatic carbocycles. The summed E-state index contributed by atoms with van der Waals surface area (Å²) in [5.41, 5.74) is 3.57. The van der Waals surface area contributed by atoms with Gasteiger partial charge in [0.25, 0.3) is 0 Å². The molecule has 0 aliphatic heterocycles. The average molecular weight is 333 g/mol. The zero-order valence-corrected chi connectivity index (χ0v) is 13.5. The zero-order valence-electron chi connectivity index (χ0n) is 11.9. The van der Waals surface area contributed by atoms with Crippen LogP contribution in [0.3, 0.4) is 0 Å². The minimum absolute atomic E-state index is 0.0159. The molecule has 2 rings (SSSR count). The van der Waals surface area contributed by atoms with Gasteiger partial charge in [-0.2, -0.15) is 0 Å². The highest BCUT2D eigenvalue weighted by molar-refractivity contribution is 9.10. The highest BCUT2D eigenvalue weighted by atomic mass is 79.9. The van der Waals surface area contributed by atoms with Gasteiger partial charge in [0.15, 0.2) is 5.78 Å². The van der Waals surface area contributed by atoms with E-state index in [9.17, 15) is 4.79 Å². The van der Waals surface area contributed by atoms with Crippen LogP contribution in [0.25, 0.3) is 0 Å². The molecule has 0 amide bonds. The van der Waals surface area contributed by atoms with Crippen molar-refractivity contribution in [1.29, 1.82) is 0 Å². The Balaban J connectivity index is 2.46. The van der Waals surface area contributed by atoms with Crippen LogP contribution in [-0.4, -0.2) is 12.4 Å². The summed E-state index contributed by atoms with van der Waals surface area (Å²) in [5, 5.41) is 0. The van der Waals surface area contributed by atoms with Gasteiger partial charge < -0.3 is 4.74 Å². The lowest BCUT2D eigenvalue weighted by atomic mass is 9.99. The van der Waals surface area contributed by atoms with Gasteiger partial charge >= 0.3 is 0 Å². The van der Waals surface area contributed by atoms with E-state index >= 15 is 0 Å². The number of aryl methyl sites for hydroxylation is 2. The predicted molar refractivity (Wildman–Crippen MR) is 84.7 cm³/mol. The van der Waals surface area contributed by atoms with Crippen LogP contribution < -0.4 is 4.74 Å². The molecule has 0 spiro atoms. The van der Waals surface area contributed by atoms with Crippen molar-refractivity contribution < 1.29 is 9.53 Å². The SMILES string of the molecule is CCOc1ccc(Br)cc1C(=O)c1ccc(C)c(C)c1. The molecule has 2 aromatic rings. The molecule has 20 heavy (non-hydrogen) atoms. The van der Waals surface area contributed by atoms with Crippen LogP contribution in [-0.2, 0) is 0 Å². The lowest BCUT2D eigenvalue weighted by Crippen LogP contribution is -2.06. The average Bonchev–Trinajstić information content (AvgIpc) is 2.43. The fourth-order valence-electron chi connectivity index (χ4n) is 2.00. The summed E-state index contributed by atoms with van der Waals surface area (Å²) in [4.78, 5) is 12.7. The van der Waals surface area contributed by atoms with Crippen LogP contribution in [0.1, 0.15) is 34.0 Å². The van der Waals surface area contributed by atoms with Crippen molar-refractivity contribution in [3.63, 3.8) is 0 Å². The molecular formula is C17H17BrO2. The molecule has 0 aliphatic rings. The Morgan fingerprint density at radius 3 is 2.50 bits per heavy atom. The third kappa shape index (κ3) is 3.10. The van der Waals surface area contributed by atoms with Gasteiger partial charge in [-0.15, -0.1) is 0 Å². The number of benzene rings is 2. The number of carbonyl (C=O) groups is 1. The van der Waals surface area contributed by atoms with Gasteiger partial charge in [-0.05, 0) is 56.2 Å². The molecule has 2 nitrogen and oxygen atoms in total. The Kier molecular flexibility index (Phi) is 4.61. The highest BCUT2D eigenvalue weighted by Gasteiger charge is 2.15. The van der Waals surface area contributed by atoms with E-state index in [1.807, 2.05) is 57.2 Å². The second-order valence-electron chi connectivity index (χ2n) is 4.70. The van der Waals surface area contributed by atoms with E-state index in [1.165, 1.54) is 5.56 Å². The first-order valence-electron chi connectivity index (χ1n) is 6.57. The Bertz CT molecular complexity index is 647. The van der Waals surface area contributed by atoms with Gasteiger partial charge in [-0.3, -0.25) is 4.79 Å². The molecule has 0 radical (unpaired) electrons. The molecule has 0 saturated carbocycles. The fraction of sp³-hybridized carbons (Fsp3) is 0.235. The Hall–Kier alpha value is -1.61. The molecule has 0 heterocycles. The molecule has 0 unspecified atom stereocenters. The number of hydrogen-bond donors (Lipinski definition) is 0.